The predicted octanol–water partition coefficient (Wildman–Crippen LogP) is 0.957. The smallest absolute Gasteiger partial charge is 0.322 e. The van der Waals surface area contributed by atoms with Crippen LogP contribution in [-0.4, -0.2) is 15.0 Å². The van der Waals surface area contributed by atoms with Crippen LogP contribution >= 0.6 is 0 Å². The second-order valence-electron chi connectivity index (χ2n) is 2.50. The van der Waals surface area contributed by atoms with E-state index < -0.39 is 0 Å². The lowest BCUT2D eigenvalue weighted by molar-refractivity contribution is 0.435. The largest absolute Gasteiger partial charge is 0.418 e. The van der Waals surface area contributed by atoms with Crippen LogP contribution in [0.5, 0.6) is 11.8 Å². The highest BCUT2D eigenvalue weighted by atomic mass is 16.5. The molecule has 0 atom stereocenters. The van der Waals surface area contributed by atoms with Crippen molar-refractivity contribution in [2.24, 2.45) is 0 Å². The fourth-order valence-corrected chi connectivity index (χ4v) is 0.923. The molecule has 0 spiro atoms. The molecule has 5 nitrogen and oxygen atoms in total. The van der Waals surface area contributed by atoms with Crippen LogP contribution in [0.15, 0.2) is 41.6 Å². The molecule has 0 saturated carbocycles. The first-order valence-corrected chi connectivity index (χ1v) is 3.99. The summed E-state index contributed by atoms with van der Waals surface area (Å²) in [4.78, 5) is 21.3. The fourth-order valence-electron chi connectivity index (χ4n) is 0.923. The van der Waals surface area contributed by atoms with Crippen LogP contribution in [-0.2, 0) is 0 Å². The maximum atomic E-state index is 11.2. The Balaban J connectivity index is 2.28. The molecule has 0 fully saturated rings. The molecule has 0 saturated heterocycles. The van der Waals surface area contributed by atoms with E-state index in [-0.39, 0.29) is 17.3 Å². The van der Waals surface area contributed by atoms with Gasteiger partial charge in [-0.1, -0.05) is 0 Å². The molecule has 0 radical (unpaired) electrons. The van der Waals surface area contributed by atoms with E-state index in [0.29, 0.717) is 0 Å². The van der Waals surface area contributed by atoms with Gasteiger partial charge >= 0.3 is 6.01 Å². The van der Waals surface area contributed by atoms with Crippen molar-refractivity contribution >= 4 is 0 Å². The third kappa shape index (κ3) is 1.77. The molecule has 2 aromatic rings. The molecule has 2 rings (SSSR count). The van der Waals surface area contributed by atoms with E-state index in [4.69, 9.17) is 4.74 Å². The molecule has 0 aliphatic rings. The van der Waals surface area contributed by atoms with Gasteiger partial charge in [0.15, 0.2) is 5.75 Å². The van der Waals surface area contributed by atoms with Gasteiger partial charge in [-0.15, -0.1) is 0 Å². The van der Waals surface area contributed by atoms with Crippen molar-refractivity contribution in [3.8, 4) is 11.8 Å². The zero-order valence-electron chi connectivity index (χ0n) is 7.18. The molecule has 0 aliphatic heterocycles. The van der Waals surface area contributed by atoms with Crippen molar-refractivity contribution in [2.75, 3.05) is 0 Å². The van der Waals surface area contributed by atoms with Crippen molar-refractivity contribution in [1.82, 2.24) is 15.0 Å². The molecule has 0 bridgehead atoms. The van der Waals surface area contributed by atoms with Crippen LogP contribution < -0.4 is 10.3 Å². The highest BCUT2D eigenvalue weighted by Gasteiger charge is 2.01. The summed E-state index contributed by atoms with van der Waals surface area (Å²) in [6.07, 6.45) is 4.61. The van der Waals surface area contributed by atoms with Gasteiger partial charge in [-0.3, -0.25) is 4.79 Å². The zero-order chi connectivity index (χ0) is 9.80. The highest BCUT2D eigenvalue weighted by molar-refractivity contribution is 5.19. The topological polar surface area (TPSA) is 67.9 Å². The Kier molecular flexibility index (Phi) is 2.22. The van der Waals surface area contributed by atoms with Gasteiger partial charge < -0.3 is 9.72 Å². The van der Waals surface area contributed by atoms with E-state index in [0.717, 1.165) is 0 Å². The van der Waals surface area contributed by atoms with Gasteiger partial charge in [0.05, 0.1) is 0 Å². The zero-order valence-corrected chi connectivity index (χ0v) is 7.18. The first-order valence-electron chi connectivity index (χ1n) is 3.99. The van der Waals surface area contributed by atoms with Gasteiger partial charge in [-0.05, 0) is 18.2 Å². The van der Waals surface area contributed by atoms with E-state index in [9.17, 15) is 4.79 Å². The van der Waals surface area contributed by atoms with Crippen molar-refractivity contribution in [3.63, 3.8) is 0 Å². The number of rotatable bonds is 2. The number of aromatic amines is 1. The number of nitrogens with zero attached hydrogens (tertiary/aromatic N) is 2. The van der Waals surface area contributed by atoms with Crippen LogP contribution in [0.1, 0.15) is 0 Å². The summed E-state index contributed by atoms with van der Waals surface area (Å²) < 4.78 is 5.14. The third-order valence-electron chi connectivity index (χ3n) is 1.53. The summed E-state index contributed by atoms with van der Waals surface area (Å²) in [7, 11) is 0. The lowest BCUT2D eigenvalue weighted by Crippen LogP contribution is -2.07. The summed E-state index contributed by atoms with van der Waals surface area (Å²) in [6.45, 7) is 0. The van der Waals surface area contributed by atoms with Gasteiger partial charge in [0, 0.05) is 18.6 Å². The molecule has 0 aromatic carbocycles. The first-order chi connectivity index (χ1) is 6.86. The lowest BCUT2D eigenvalue weighted by Gasteiger charge is -2.00. The Morgan fingerprint density at radius 3 is 2.71 bits per heavy atom. The van der Waals surface area contributed by atoms with Crippen LogP contribution in [0.3, 0.4) is 0 Å². The van der Waals surface area contributed by atoms with E-state index >= 15 is 0 Å². The average molecular weight is 189 g/mol. The van der Waals surface area contributed by atoms with E-state index in [1.54, 1.807) is 30.6 Å². The van der Waals surface area contributed by atoms with E-state index in [1.165, 1.54) is 6.20 Å². The lowest BCUT2D eigenvalue weighted by atomic mass is 10.4. The Labute approximate surface area is 79.4 Å². The number of ether oxygens (including phenoxy) is 1. The van der Waals surface area contributed by atoms with E-state index in [1.807, 2.05) is 0 Å². The second kappa shape index (κ2) is 3.69. The summed E-state index contributed by atoms with van der Waals surface area (Å²) >= 11 is 0. The molecule has 14 heavy (non-hydrogen) atoms. The van der Waals surface area contributed by atoms with Gasteiger partial charge in [0.25, 0.3) is 5.56 Å². The molecule has 2 heterocycles. The van der Waals surface area contributed by atoms with Crippen molar-refractivity contribution < 1.29 is 4.74 Å². The Morgan fingerprint density at radius 1 is 1.21 bits per heavy atom. The Bertz CT molecular complexity index is 467. The fraction of sp³-hybridized carbons (Fsp3) is 0. The molecule has 5 heteroatoms. The minimum absolute atomic E-state index is 0.157. The van der Waals surface area contributed by atoms with Crippen LogP contribution in [0.2, 0.25) is 0 Å². The molecular formula is C9H7N3O2. The summed E-state index contributed by atoms with van der Waals surface area (Å²) in [5.41, 5.74) is -0.306. The molecule has 1 N–H and O–H groups in total. The Hall–Kier alpha value is -2.17. The predicted molar refractivity (Wildman–Crippen MR) is 49.2 cm³/mol. The minimum Gasteiger partial charge on any atom is -0.418 e. The third-order valence-corrected chi connectivity index (χ3v) is 1.53. The van der Waals surface area contributed by atoms with Crippen LogP contribution in [0.25, 0.3) is 0 Å². The van der Waals surface area contributed by atoms with E-state index in [2.05, 4.69) is 15.0 Å². The minimum atomic E-state index is -0.306. The molecular weight excluding hydrogens is 182 g/mol. The van der Waals surface area contributed by atoms with Gasteiger partial charge in [0.1, 0.15) is 0 Å². The number of hydrogen-bond donors (Lipinski definition) is 1. The molecule has 70 valence electrons. The molecule has 0 unspecified atom stereocenters. The number of aromatic nitrogens is 3. The number of H-pyrrole nitrogens is 1. The van der Waals surface area contributed by atoms with Crippen LogP contribution in [0.4, 0.5) is 0 Å². The molecule has 0 amide bonds. The number of hydrogen-bond acceptors (Lipinski definition) is 4. The SMILES string of the molecule is O=c1[nH]cccc1Oc1ncccn1. The average Bonchev–Trinajstić information content (AvgIpc) is 2.23. The van der Waals surface area contributed by atoms with Crippen molar-refractivity contribution in [2.45, 2.75) is 0 Å². The molecule has 0 aliphatic carbocycles. The number of pyridine rings is 1. The summed E-state index contributed by atoms with van der Waals surface area (Å²) in [6, 6.07) is 5.04. The summed E-state index contributed by atoms with van der Waals surface area (Å²) in [5.74, 6) is 0.179. The number of nitrogens with one attached hydrogen (secondary N) is 1. The van der Waals surface area contributed by atoms with Gasteiger partial charge in [-0.2, -0.15) is 0 Å². The van der Waals surface area contributed by atoms with Crippen molar-refractivity contribution in [3.05, 3.63) is 47.1 Å². The maximum absolute atomic E-state index is 11.2. The maximum Gasteiger partial charge on any atom is 0.322 e. The summed E-state index contributed by atoms with van der Waals surface area (Å²) in [5, 5.41) is 0. The monoisotopic (exact) mass is 189 g/mol. The molecule has 2 aromatic heterocycles. The normalized spacial score (nSPS) is 9.71. The second-order valence-corrected chi connectivity index (χ2v) is 2.50. The standard InChI is InChI=1S/C9H7N3O2/c13-8-7(3-1-4-10-8)14-9-11-5-2-6-12-9/h1-6H,(H,10,13). The van der Waals surface area contributed by atoms with Gasteiger partial charge in [-0.25, -0.2) is 9.97 Å². The quantitative estimate of drug-likeness (QED) is 0.763. The van der Waals surface area contributed by atoms with Crippen molar-refractivity contribution in [1.29, 1.82) is 0 Å². The highest BCUT2D eigenvalue weighted by Crippen LogP contribution is 2.09. The Morgan fingerprint density at radius 2 is 2.00 bits per heavy atom. The van der Waals surface area contributed by atoms with Gasteiger partial charge in [0.2, 0.25) is 0 Å². The van der Waals surface area contributed by atoms with Crippen LogP contribution in [0, 0.1) is 0 Å². The first kappa shape index (κ1) is 8.43.